The van der Waals surface area contributed by atoms with Gasteiger partial charge in [0.1, 0.15) is 11.5 Å². The molecule has 3 aromatic rings. The Morgan fingerprint density at radius 1 is 0.529 bits per heavy atom. The number of ether oxygens (including phenoxy) is 5. The molecule has 0 saturated carbocycles. The molecule has 3 rings (SSSR count). The second kappa shape index (κ2) is 11.8. The largest absolute Gasteiger partial charge is 0.496 e. The predicted octanol–water partition coefficient (Wildman–Crippen LogP) is 5.56. The number of aliphatic hydroxyl groups excluding tert-OH is 1. The topological polar surface area (TPSA) is 66.4 Å². The Labute approximate surface area is 200 Å². The van der Waals surface area contributed by atoms with E-state index in [1.807, 2.05) is 72.8 Å². The second-order valence-electron chi connectivity index (χ2n) is 7.35. The summed E-state index contributed by atoms with van der Waals surface area (Å²) < 4.78 is 27.0. The fourth-order valence-electron chi connectivity index (χ4n) is 3.56. The molecule has 0 aromatic heterocycles. The molecule has 34 heavy (non-hydrogen) atoms. The van der Waals surface area contributed by atoms with Crippen molar-refractivity contribution in [3.8, 4) is 28.7 Å². The van der Waals surface area contributed by atoms with Gasteiger partial charge in [0, 0.05) is 0 Å². The van der Waals surface area contributed by atoms with E-state index in [1.54, 1.807) is 35.5 Å². The summed E-state index contributed by atoms with van der Waals surface area (Å²) in [7, 11) is 7.94. The zero-order valence-corrected chi connectivity index (χ0v) is 20.1. The molecule has 0 amide bonds. The van der Waals surface area contributed by atoms with E-state index in [1.165, 1.54) is 0 Å². The van der Waals surface area contributed by atoms with Crippen LogP contribution >= 0.6 is 0 Å². The van der Waals surface area contributed by atoms with Gasteiger partial charge >= 0.3 is 0 Å². The number of methoxy groups -OCH3 is 5. The maximum Gasteiger partial charge on any atom is 0.203 e. The van der Waals surface area contributed by atoms with Crippen molar-refractivity contribution in [2.24, 2.45) is 0 Å². The van der Waals surface area contributed by atoms with E-state index >= 15 is 0 Å². The van der Waals surface area contributed by atoms with Crippen molar-refractivity contribution in [2.75, 3.05) is 35.5 Å². The molecule has 1 N–H and O–H groups in total. The van der Waals surface area contributed by atoms with E-state index in [0.717, 1.165) is 22.3 Å². The molecule has 0 radical (unpaired) electrons. The summed E-state index contributed by atoms with van der Waals surface area (Å²) in [4.78, 5) is 0. The van der Waals surface area contributed by atoms with Gasteiger partial charge in [-0.15, -0.1) is 0 Å². The van der Waals surface area contributed by atoms with Crippen LogP contribution in [0.3, 0.4) is 0 Å². The summed E-state index contributed by atoms with van der Waals surface area (Å²) in [5.41, 5.74) is 4.59. The van der Waals surface area contributed by atoms with Crippen LogP contribution < -0.4 is 23.7 Å². The average Bonchev–Trinajstić information content (AvgIpc) is 2.89. The molecule has 0 aliphatic carbocycles. The van der Waals surface area contributed by atoms with E-state index in [4.69, 9.17) is 23.7 Å². The maximum absolute atomic E-state index is 9.58. The monoisotopic (exact) mass is 462 g/mol. The molecule has 0 aliphatic rings. The molecule has 0 spiro atoms. The molecule has 178 valence electrons. The number of benzene rings is 3. The van der Waals surface area contributed by atoms with Crippen molar-refractivity contribution < 1.29 is 28.8 Å². The van der Waals surface area contributed by atoms with Crippen molar-refractivity contribution in [3.63, 3.8) is 0 Å². The number of hydrogen-bond donors (Lipinski definition) is 1. The van der Waals surface area contributed by atoms with Crippen LogP contribution in [0.25, 0.3) is 24.3 Å². The first-order valence-corrected chi connectivity index (χ1v) is 10.7. The van der Waals surface area contributed by atoms with E-state index in [0.29, 0.717) is 34.3 Å². The molecule has 0 aliphatic heterocycles. The van der Waals surface area contributed by atoms with Gasteiger partial charge in [-0.25, -0.2) is 0 Å². The van der Waals surface area contributed by atoms with Crippen LogP contribution in [0.15, 0.2) is 48.5 Å². The van der Waals surface area contributed by atoms with E-state index in [-0.39, 0.29) is 6.61 Å². The minimum Gasteiger partial charge on any atom is -0.496 e. The highest BCUT2D eigenvalue weighted by Crippen LogP contribution is 2.38. The summed E-state index contributed by atoms with van der Waals surface area (Å²) in [5.74, 6) is 2.98. The highest BCUT2D eigenvalue weighted by molar-refractivity contribution is 5.75. The van der Waals surface area contributed by atoms with Gasteiger partial charge in [-0.2, -0.15) is 0 Å². The molecule has 6 heteroatoms. The lowest BCUT2D eigenvalue weighted by atomic mass is 10.1. The summed E-state index contributed by atoms with van der Waals surface area (Å²) in [6.45, 7) is -0.151. The summed E-state index contributed by atoms with van der Waals surface area (Å²) >= 11 is 0. The predicted molar refractivity (Wildman–Crippen MR) is 136 cm³/mol. The summed E-state index contributed by atoms with van der Waals surface area (Å²) in [5, 5.41) is 9.58. The lowest BCUT2D eigenvalue weighted by Gasteiger charge is -2.12. The highest BCUT2D eigenvalue weighted by Gasteiger charge is 2.12. The van der Waals surface area contributed by atoms with Crippen LogP contribution in [0.2, 0.25) is 0 Å². The third kappa shape index (κ3) is 5.71. The Morgan fingerprint density at radius 2 is 0.882 bits per heavy atom. The first-order valence-electron chi connectivity index (χ1n) is 10.7. The third-order valence-corrected chi connectivity index (χ3v) is 5.35. The Bertz CT molecular complexity index is 1020. The van der Waals surface area contributed by atoms with Crippen molar-refractivity contribution >= 4 is 24.3 Å². The standard InChI is InChI=1S/C28H30O6/c1-30-24-14-21(15-25(31-2)23(24)18-29)12-10-19-6-8-20(9-7-19)11-13-22-16-26(32-3)28(34-5)27(17-22)33-4/h6-17,29H,18H2,1-5H3. The molecule has 0 heterocycles. The minimum absolute atomic E-state index is 0.151. The van der Waals surface area contributed by atoms with Crippen molar-refractivity contribution in [3.05, 3.63) is 76.3 Å². The molecule has 0 bridgehead atoms. The summed E-state index contributed by atoms with van der Waals surface area (Å²) in [6, 6.07) is 15.7. The van der Waals surface area contributed by atoms with Gasteiger partial charge in [0.05, 0.1) is 47.7 Å². The van der Waals surface area contributed by atoms with Crippen LogP contribution in [-0.4, -0.2) is 40.7 Å². The SMILES string of the molecule is COc1cc(C=Cc2ccc(C=Cc3cc(OC)c(OC)c(OC)c3)cc2)cc(OC)c1CO. The molecule has 0 unspecified atom stereocenters. The van der Waals surface area contributed by atoms with E-state index in [2.05, 4.69) is 0 Å². The van der Waals surface area contributed by atoms with Gasteiger partial charge in [-0.05, 0) is 46.5 Å². The van der Waals surface area contributed by atoms with Gasteiger partial charge in [-0.3, -0.25) is 0 Å². The fraction of sp³-hybridized carbons (Fsp3) is 0.214. The van der Waals surface area contributed by atoms with Crippen molar-refractivity contribution in [2.45, 2.75) is 6.61 Å². The Morgan fingerprint density at radius 3 is 1.21 bits per heavy atom. The molecular formula is C28H30O6. The molecule has 3 aromatic carbocycles. The van der Waals surface area contributed by atoms with Crippen LogP contribution in [0, 0.1) is 0 Å². The Kier molecular flexibility index (Phi) is 8.60. The smallest absolute Gasteiger partial charge is 0.203 e. The van der Waals surface area contributed by atoms with Gasteiger partial charge in [0.15, 0.2) is 11.5 Å². The quantitative estimate of drug-likeness (QED) is 0.398. The Balaban J connectivity index is 1.77. The van der Waals surface area contributed by atoms with Gasteiger partial charge < -0.3 is 28.8 Å². The normalized spacial score (nSPS) is 11.1. The fourth-order valence-corrected chi connectivity index (χ4v) is 3.56. The molecular weight excluding hydrogens is 432 g/mol. The number of aliphatic hydroxyl groups is 1. The van der Waals surface area contributed by atoms with Crippen molar-refractivity contribution in [1.29, 1.82) is 0 Å². The van der Waals surface area contributed by atoms with E-state index < -0.39 is 0 Å². The van der Waals surface area contributed by atoms with Crippen LogP contribution in [0.5, 0.6) is 28.7 Å². The van der Waals surface area contributed by atoms with Crippen molar-refractivity contribution in [1.82, 2.24) is 0 Å². The van der Waals surface area contributed by atoms with Crippen LogP contribution in [0.4, 0.5) is 0 Å². The first kappa shape index (κ1) is 24.7. The maximum atomic E-state index is 9.58. The lowest BCUT2D eigenvalue weighted by Crippen LogP contribution is -1.97. The zero-order valence-electron chi connectivity index (χ0n) is 20.1. The second-order valence-corrected chi connectivity index (χ2v) is 7.35. The lowest BCUT2D eigenvalue weighted by molar-refractivity contribution is 0.265. The summed E-state index contributed by atoms with van der Waals surface area (Å²) in [6.07, 6.45) is 8.01. The molecule has 0 atom stereocenters. The number of rotatable bonds is 10. The van der Waals surface area contributed by atoms with Crippen LogP contribution in [-0.2, 0) is 6.61 Å². The highest BCUT2D eigenvalue weighted by atomic mass is 16.5. The van der Waals surface area contributed by atoms with Gasteiger partial charge in [0.2, 0.25) is 5.75 Å². The van der Waals surface area contributed by atoms with Crippen LogP contribution in [0.1, 0.15) is 27.8 Å². The average molecular weight is 463 g/mol. The van der Waals surface area contributed by atoms with E-state index in [9.17, 15) is 5.11 Å². The molecule has 6 nitrogen and oxygen atoms in total. The van der Waals surface area contributed by atoms with Gasteiger partial charge in [-0.1, -0.05) is 48.6 Å². The number of hydrogen-bond acceptors (Lipinski definition) is 6. The third-order valence-electron chi connectivity index (χ3n) is 5.35. The minimum atomic E-state index is -0.151. The molecule has 0 saturated heterocycles. The van der Waals surface area contributed by atoms with Gasteiger partial charge in [0.25, 0.3) is 0 Å². The Hall–Kier alpha value is -3.90. The zero-order chi connectivity index (χ0) is 24.5. The molecule has 0 fully saturated rings. The first-order chi connectivity index (χ1) is 16.6.